The first-order valence-corrected chi connectivity index (χ1v) is 9.91. The molecule has 0 aliphatic carbocycles. The molecule has 0 aromatic rings. The molecule has 0 rings (SSSR count). The van der Waals surface area contributed by atoms with E-state index in [1.54, 1.807) is 0 Å². The lowest BCUT2D eigenvalue weighted by Gasteiger charge is -2.21. The van der Waals surface area contributed by atoms with E-state index in [2.05, 4.69) is 38.3 Å². The summed E-state index contributed by atoms with van der Waals surface area (Å²) in [5, 5.41) is 8.04. The van der Waals surface area contributed by atoms with Gasteiger partial charge in [0.1, 0.15) is 0 Å². The first-order valence-electron chi connectivity index (χ1n) is 8.88. The average molecular weight is 335 g/mol. The van der Waals surface area contributed by atoms with Crippen molar-refractivity contribution in [2.24, 2.45) is 11.8 Å². The van der Waals surface area contributed by atoms with Crippen LogP contribution in [0.2, 0.25) is 0 Å². The largest absolute Gasteiger partial charge is 0.316 e. The molecule has 0 spiro atoms. The lowest BCUT2D eigenvalue weighted by Crippen LogP contribution is -2.33. The fourth-order valence-electron chi connectivity index (χ4n) is 2.84. The molecule has 0 saturated heterocycles. The highest BCUT2D eigenvalue weighted by molar-refractivity contribution is 7.81. The summed E-state index contributed by atoms with van der Waals surface area (Å²) in [6.45, 7) is 13.2. The number of thiol groups is 2. The zero-order valence-electron chi connectivity index (χ0n) is 14.6. The summed E-state index contributed by atoms with van der Waals surface area (Å²) in [7, 11) is 0. The summed E-state index contributed by atoms with van der Waals surface area (Å²) >= 11 is 9.42. The van der Waals surface area contributed by atoms with Gasteiger partial charge in [-0.3, -0.25) is 0 Å². The zero-order chi connectivity index (χ0) is 16.1. The monoisotopic (exact) mass is 334 g/mol. The molecule has 0 amide bonds. The summed E-state index contributed by atoms with van der Waals surface area (Å²) in [6.07, 6.45) is 6.09. The van der Waals surface area contributed by atoms with Gasteiger partial charge in [0.25, 0.3) is 0 Å². The lowest BCUT2D eigenvalue weighted by atomic mass is 9.99. The summed E-state index contributed by atoms with van der Waals surface area (Å²) in [5.41, 5.74) is 0. The van der Waals surface area contributed by atoms with Crippen LogP contribution in [0.15, 0.2) is 0 Å². The minimum absolute atomic E-state index is 0.490. The van der Waals surface area contributed by atoms with Crippen molar-refractivity contribution >= 4 is 25.3 Å². The van der Waals surface area contributed by atoms with Crippen molar-refractivity contribution < 1.29 is 0 Å². The van der Waals surface area contributed by atoms with E-state index in [9.17, 15) is 0 Å². The predicted molar refractivity (Wildman–Crippen MR) is 104 cm³/mol. The second kappa shape index (κ2) is 14.2. The van der Waals surface area contributed by atoms with Gasteiger partial charge in [-0.2, -0.15) is 25.3 Å². The van der Waals surface area contributed by atoms with E-state index >= 15 is 0 Å². The van der Waals surface area contributed by atoms with Gasteiger partial charge in [-0.25, -0.2) is 0 Å². The third kappa shape index (κ3) is 10.1. The minimum Gasteiger partial charge on any atom is -0.316 e. The molecule has 0 fully saturated rings. The highest BCUT2D eigenvalue weighted by Crippen LogP contribution is 2.18. The van der Waals surface area contributed by atoms with E-state index < -0.39 is 0 Å². The normalized spacial score (nSPS) is 14.9. The smallest absolute Gasteiger partial charge is 0.0170 e. The number of hydrogen-bond acceptors (Lipinski definition) is 4. The van der Waals surface area contributed by atoms with E-state index in [4.69, 9.17) is 25.3 Å². The van der Waals surface area contributed by atoms with Crippen molar-refractivity contribution in [1.29, 1.82) is 0 Å². The van der Waals surface area contributed by atoms with E-state index in [0.717, 1.165) is 38.0 Å². The van der Waals surface area contributed by atoms with Crippen molar-refractivity contribution in [3.63, 3.8) is 0 Å². The van der Waals surface area contributed by atoms with Crippen LogP contribution in [-0.2, 0) is 0 Å². The SMILES string of the molecule is CCC(CC)C(S)CNCCCNCC(S)C(CC)CC. The lowest BCUT2D eigenvalue weighted by molar-refractivity contribution is 0.442. The van der Waals surface area contributed by atoms with Crippen molar-refractivity contribution in [1.82, 2.24) is 10.6 Å². The Morgan fingerprint density at radius 2 is 1.00 bits per heavy atom. The van der Waals surface area contributed by atoms with Gasteiger partial charge >= 0.3 is 0 Å². The average Bonchev–Trinajstić information content (AvgIpc) is 2.48. The maximum atomic E-state index is 4.71. The van der Waals surface area contributed by atoms with Crippen LogP contribution in [0.5, 0.6) is 0 Å². The topological polar surface area (TPSA) is 24.1 Å². The third-order valence-electron chi connectivity index (χ3n) is 4.60. The first kappa shape index (κ1) is 21.6. The second-order valence-electron chi connectivity index (χ2n) is 6.05. The van der Waals surface area contributed by atoms with Crippen LogP contribution in [0.25, 0.3) is 0 Å². The Morgan fingerprint density at radius 3 is 1.29 bits per heavy atom. The van der Waals surface area contributed by atoms with Crippen molar-refractivity contribution in [3.8, 4) is 0 Å². The Hall–Kier alpha value is 0.620. The fourth-order valence-corrected chi connectivity index (χ4v) is 3.94. The third-order valence-corrected chi connectivity index (χ3v) is 5.81. The van der Waals surface area contributed by atoms with Gasteiger partial charge in [0.2, 0.25) is 0 Å². The molecular weight excluding hydrogens is 296 g/mol. The van der Waals surface area contributed by atoms with Crippen LogP contribution < -0.4 is 10.6 Å². The van der Waals surface area contributed by atoms with Crippen LogP contribution in [-0.4, -0.2) is 36.7 Å². The van der Waals surface area contributed by atoms with Gasteiger partial charge in [0.05, 0.1) is 0 Å². The predicted octanol–water partition coefficient (Wildman–Crippen LogP) is 4.02. The molecule has 4 heteroatoms. The molecule has 0 aromatic carbocycles. The number of nitrogens with one attached hydrogen (secondary N) is 2. The number of rotatable bonds is 14. The molecule has 21 heavy (non-hydrogen) atoms. The van der Waals surface area contributed by atoms with Crippen molar-refractivity contribution in [2.75, 3.05) is 26.2 Å². The fraction of sp³-hybridized carbons (Fsp3) is 1.00. The molecule has 0 heterocycles. The Bertz CT molecular complexity index is 197. The van der Waals surface area contributed by atoms with Crippen LogP contribution in [0, 0.1) is 11.8 Å². The summed E-state index contributed by atoms with van der Waals surface area (Å²) in [4.78, 5) is 0. The van der Waals surface area contributed by atoms with Gasteiger partial charge in [0, 0.05) is 23.6 Å². The maximum Gasteiger partial charge on any atom is 0.0170 e. The Labute approximate surface area is 144 Å². The molecule has 2 N–H and O–H groups in total. The van der Waals surface area contributed by atoms with Gasteiger partial charge < -0.3 is 10.6 Å². The van der Waals surface area contributed by atoms with Gasteiger partial charge in [-0.15, -0.1) is 0 Å². The molecule has 0 aliphatic rings. The summed E-state index contributed by atoms with van der Waals surface area (Å²) in [5.74, 6) is 1.48. The van der Waals surface area contributed by atoms with Crippen molar-refractivity contribution in [3.05, 3.63) is 0 Å². The van der Waals surface area contributed by atoms with Gasteiger partial charge in [-0.1, -0.05) is 53.4 Å². The minimum atomic E-state index is 0.490. The molecule has 0 radical (unpaired) electrons. The quantitative estimate of drug-likeness (QED) is 0.285. The van der Waals surface area contributed by atoms with Crippen LogP contribution in [0.3, 0.4) is 0 Å². The van der Waals surface area contributed by atoms with E-state index in [1.807, 2.05) is 0 Å². The highest BCUT2D eigenvalue weighted by Gasteiger charge is 2.14. The van der Waals surface area contributed by atoms with E-state index in [-0.39, 0.29) is 0 Å². The standard InChI is InChI=1S/C17H38N2S2/c1-5-14(6-2)16(20)12-18-10-9-11-19-13-17(21)15(7-3)8-4/h14-21H,5-13H2,1-4H3. The molecule has 0 saturated carbocycles. The molecule has 0 aromatic heterocycles. The Morgan fingerprint density at radius 1 is 0.667 bits per heavy atom. The molecule has 2 nitrogen and oxygen atoms in total. The second-order valence-corrected chi connectivity index (χ2v) is 7.38. The summed E-state index contributed by atoms with van der Waals surface area (Å²) < 4.78 is 0. The van der Waals surface area contributed by atoms with E-state index in [0.29, 0.717) is 10.5 Å². The van der Waals surface area contributed by atoms with Gasteiger partial charge in [-0.05, 0) is 31.3 Å². The molecule has 2 unspecified atom stereocenters. The molecule has 128 valence electrons. The van der Waals surface area contributed by atoms with Crippen LogP contribution >= 0.6 is 25.3 Å². The molecule has 2 atom stereocenters. The van der Waals surface area contributed by atoms with Crippen molar-refractivity contribution in [2.45, 2.75) is 70.3 Å². The molecular formula is C17H38N2S2. The molecule has 0 bridgehead atoms. The van der Waals surface area contributed by atoms with E-state index in [1.165, 1.54) is 32.1 Å². The number of hydrogen-bond donors (Lipinski definition) is 4. The Balaban J connectivity index is 3.52. The van der Waals surface area contributed by atoms with Crippen LogP contribution in [0.1, 0.15) is 59.8 Å². The van der Waals surface area contributed by atoms with Gasteiger partial charge in [0.15, 0.2) is 0 Å². The zero-order valence-corrected chi connectivity index (χ0v) is 16.4. The highest BCUT2D eigenvalue weighted by atomic mass is 32.1. The maximum absolute atomic E-state index is 4.71. The first-order chi connectivity index (χ1) is 10.1. The summed E-state index contributed by atoms with van der Waals surface area (Å²) in [6, 6.07) is 0. The van der Waals surface area contributed by atoms with Crippen LogP contribution in [0.4, 0.5) is 0 Å². The Kier molecular flexibility index (Phi) is 14.6. The molecule has 0 aliphatic heterocycles.